The van der Waals surface area contributed by atoms with Gasteiger partial charge in [0, 0.05) is 19.3 Å². The van der Waals surface area contributed by atoms with Gasteiger partial charge in [-0.3, -0.25) is 9.20 Å². The molecule has 0 N–H and O–H groups in total. The number of hydrogen-bond donors (Lipinski definition) is 0. The van der Waals surface area contributed by atoms with E-state index in [-0.39, 0.29) is 5.91 Å². The van der Waals surface area contributed by atoms with Gasteiger partial charge in [-0.1, -0.05) is 79.2 Å². The third kappa shape index (κ3) is 4.17. The number of pyridine rings is 1. The number of imidazole rings is 1. The predicted molar refractivity (Wildman–Crippen MR) is 116 cm³/mol. The molecule has 0 aliphatic heterocycles. The van der Waals surface area contributed by atoms with Gasteiger partial charge in [-0.15, -0.1) is 0 Å². The third-order valence-corrected chi connectivity index (χ3v) is 5.14. The summed E-state index contributed by atoms with van der Waals surface area (Å²) in [5.41, 5.74) is 4.26. The molecule has 0 aliphatic carbocycles. The molecule has 1 amide bonds. The molecule has 0 radical (unpaired) electrons. The molecule has 2 aromatic heterocycles. The molecule has 4 rings (SSSR count). The minimum absolute atomic E-state index is 0.0516. The molecule has 4 aromatic rings. The van der Waals surface area contributed by atoms with Crippen molar-refractivity contribution in [3.05, 3.63) is 107 Å². The zero-order valence-electron chi connectivity index (χ0n) is 16.3. The highest BCUT2D eigenvalue weighted by atomic mass is 35.5. The Morgan fingerprint density at radius 2 is 1.52 bits per heavy atom. The van der Waals surface area contributed by atoms with Crippen LogP contribution in [0, 0.1) is 0 Å². The fraction of sp³-hybridized carbons (Fsp3) is 0.167. The molecule has 0 unspecified atom stereocenters. The Hall–Kier alpha value is -3.11. The molecule has 0 spiro atoms. The number of carbonyl (C=O) groups is 1. The summed E-state index contributed by atoms with van der Waals surface area (Å²) in [6, 6.07) is 23.7. The average Bonchev–Trinajstić information content (AvgIpc) is 3.12. The average molecular weight is 404 g/mol. The highest BCUT2D eigenvalue weighted by Crippen LogP contribution is 2.21. The van der Waals surface area contributed by atoms with E-state index in [1.165, 1.54) is 0 Å². The van der Waals surface area contributed by atoms with Crippen LogP contribution in [0.25, 0.3) is 5.65 Å². The van der Waals surface area contributed by atoms with Crippen molar-refractivity contribution in [1.82, 2.24) is 14.3 Å². The second-order valence-corrected chi connectivity index (χ2v) is 7.41. The van der Waals surface area contributed by atoms with Gasteiger partial charge in [-0.25, -0.2) is 4.98 Å². The minimum atomic E-state index is -0.0516. The molecule has 2 heterocycles. The van der Waals surface area contributed by atoms with Crippen molar-refractivity contribution >= 4 is 23.2 Å². The first-order valence-corrected chi connectivity index (χ1v) is 10.1. The van der Waals surface area contributed by atoms with Crippen molar-refractivity contribution in [2.24, 2.45) is 0 Å². The Balaban J connectivity index is 1.76. The molecule has 146 valence electrons. The number of aromatic nitrogens is 2. The summed E-state index contributed by atoms with van der Waals surface area (Å²) in [5, 5.41) is 0.573. The van der Waals surface area contributed by atoms with E-state index < -0.39 is 0 Å². The number of hydrogen-bond acceptors (Lipinski definition) is 2. The quantitative estimate of drug-likeness (QED) is 0.432. The van der Waals surface area contributed by atoms with Gasteiger partial charge in [-0.2, -0.15) is 0 Å². The summed E-state index contributed by atoms with van der Waals surface area (Å²) in [6.07, 6.45) is 2.43. The van der Waals surface area contributed by atoms with Crippen LogP contribution in [0.4, 0.5) is 0 Å². The maximum absolute atomic E-state index is 13.7. The molecular weight excluding hydrogens is 382 g/mol. The fourth-order valence-corrected chi connectivity index (χ4v) is 3.66. The Labute approximate surface area is 175 Å². The first-order valence-electron chi connectivity index (χ1n) is 9.69. The maximum atomic E-state index is 13.7. The monoisotopic (exact) mass is 403 g/mol. The second-order valence-electron chi connectivity index (χ2n) is 6.97. The lowest BCUT2D eigenvalue weighted by molar-refractivity contribution is 0.0721. The van der Waals surface area contributed by atoms with Crippen LogP contribution in [0.2, 0.25) is 5.02 Å². The molecule has 0 bridgehead atoms. The molecule has 5 heteroatoms. The van der Waals surface area contributed by atoms with Crippen LogP contribution in [-0.2, 0) is 19.5 Å². The number of fused-ring (bicyclic) bond motifs is 1. The standard InChI is InChI=1S/C24H22ClN3O/c1-2-21-23(28-17-20(25)13-14-22(28)26-21)24(29)27(15-18-9-5-3-6-10-18)16-19-11-7-4-8-12-19/h3-14,17H,2,15-16H2,1H3. The van der Waals surface area contributed by atoms with Crippen LogP contribution in [0.15, 0.2) is 79.0 Å². The number of halogens is 1. The SMILES string of the molecule is CCc1nc2ccc(Cl)cn2c1C(=O)N(Cc1ccccc1)Cc1ccccc1. The van der Waals surface area contributed by atoms with Gasteiger partial charge in [0.2, 0.25) is 0 Å². The van der Waals surface area contributed by atoms with Crippen LogP contribution in [-0.4, -0.2) is 20.2 Å². The lowest BCUT2D eigenvalue weighted by Gasteiger charge is -2.23. The van der Waals surface area contributed by atoms with Crippen molar-refractivity contribution in [3.8, 4) is 0 Å². The van der Waals surface area contributed by atoms with Crippen LogP contribution in [0.1, 0.15) is 34.2 Å². The Morgan fingerprint density at radius 3 is 2.07 bits per heavy atom. The zero-order chi connectivity index (χ0) is 20.2. The summed E-state index contributed by atoms with van der Waals surface area (Å²) in [4.78, 5) is 20.3. The maximum Gasteiger partial charge on any atom is 0.273 e. The molecule has 0 saturated carbocycles. The van der Waals surface area contributed by atoms with E-state index in [9.17, 15) is 4.79 Å². The van der Waals surface area contributed by atoms with Crippen LogP contribution in [0.3, 0.4) is 0 Å². The van der Waals surface area contributed by atoms with Gasteiger partial charge in [0.25, 0.3) is 5.91 Å². The van der Waals surface area contributed by atoms with Gasteiger partial charge < -0.3 is 4.90 Å². The summed E-state index contributed by atoms with van der Waals surface area (Å²) in [7, 11) is 0. The van der Waals surface area contributed by atoms with E-state index in [2.05, 4.69) is 4.98 Å². The van der Waals surface area contributed by atoms with E-state index in [4.69, 9.17) is 11.6 Å². The van der Waals surface area contributed by atoms with Crippen molar-refractivity contribution in [2.75, 3.05) is 0 Å². The van der Waals surface area contributed by atoms with E-state index in [1.54, 1.807) is 12.3 Å². The molecule has 29 heavy (non-hydrogen) atoms. The third-order valence-electron chi connectivity index (χ3n) is 4.91. The minimum Gasteiger partial charge on any atom is -0.329 e. The van der Waals surface area contributed by atoms with Gasteiger partial charge in [0.05, 0.1) is 10.7 Å². The number of carbonyl (C=O) groups excluding carboxylic acids is 1. The van der Waals surface area contributed by atoms with Crippen molar-refractivity contribution in [2.45, 2.75) is 26.4 Å². The lowest BCUT2D eigenvalue weighted by atomic mass is 10.1. The first kappa shape index (κ1) is 19.2. The normalized spacial score (nSPS) is 11.0. The summed E-state index contributed by atoms with van der Waals surface area (Å²) in [6.45, 7) is 3.05. The Bertz CT molecular complexity index is 1080. The summed E-state index contributed by atoms with van der Waals surface area (Å²) >= 11 is 6.21. The van der Waals surface area contributed by atoms with Gasteiger partial charge >= 0.3 is 0 Å². The Morgan fingerprint density at radius 1 is 0.931 bits per heavy atom. The van der Waals surface area contributed by atoms with Gasteiger partial charge in [-0.05, 0) is 29.7 Å². The number of amides is 1. The molecule has 0 atom stereocenters. The van der Waals surface area contributed by atoms with E-state index >= 15 is 0 Å². The highest BCUT2D eigenvalue weighted by Gasteiger charge is 2.24. The molecule has 0 fully saturated rings. The number of rotatable bonds is 6. The van der Waals surface area contributed by atoms with Crippen molar-refractivity contribution in [3.63, 3.8) is 0 Å². The molecule has 0 aliphatic rings. The zero-order valence-corrected chi connectivity index (χ0v) is 17.0. The van der Waals surface area contributed by atoms with Gasteiger partial charge in [0.15, 0.2) is 0 Å². The van der Waals surface area contributed by atoms with Crippen LogP contribution < -0.4 is 0 Å². The van der Waals surface area contributed by atoms with Crippen LogP contribution in [0.5, 0.6) is 0 Å². The summed E-state index contributed by atoms with van der Waals surface area (Å²) in [5.74, 6) is -0.0516. The first-order chi connectivity index (χ1) is 14.2. The highest BCUT2D eigenvalue weighted by molar-refractivity contribution is 6.30. The summed E-state index contributed by atoms with van der Waals surface area (Å²) < 4.78 is 1.81. The smallest absolute Gasteiger partial charge is 0.273 e. The number of aryl methyl sites for hydroxylation is 1. The molecule has 4 nitrogen and oxygen atoms in total. The van der Waals surface area contributed by atoms with E-state index in [1.807, 2.05) is 83.0 Å². The predicted octanol–water partition coefficient (Wildman–Crippen LogP) is 5.39. The molecule has 2 aromatic carbocycles. The largest absolute Gasteiger partial charge is 0.329 e. The second kappa shape index (κ2) is 8.50. The number of benzene rings is 2. The van der Waals surface area contributed by atoms with E-state index in [0.29, 0.717) is 30.2 Å². The van der Waals surface area contributed by atoms with Crippen LogP contribution >= 0.6 is 11.6 Å². The number of nitrogens with zero attached hydrogens (tertiary/aromatic N) is 3. The molecular formula is C24H22ClN3O. The van der Waals surface area contributed by atoms with E-state index in [0.717, 1.165) is 22.5 Å². The van der Waals surface area contributed by atoms with Crippen molar-refractivity contribution in [1.29, 1.82) is 0 Å². The lowest BCUT2D eigenvalue weighted by Crippen LogP contribution is -2.31. The van der Waals surface area contributed by atoms with Crippen molar-refractivity contribution < 1.29 is 4.79 Å². The fourth-order valence-electron chi connectivity index (χ4n) is 3.50. The topological polar surface area (TPSA) is 37.6 Å². The Kier molecular flexibility index (Phi) is 5.63. The van der Waals surface area contributed by atoms with Gasteiger partial charge in [0.1, 0.15) is 11.3 Å². The molecule has 0 saturated heterocycles.